The van der Waals surface area contributed by atoms with Gasteiger partial charge in [0.15, 0.2) is 0 Å². The molecule has 0 aliphatic carbocycles. The Kier molecular flexibility index (Phi) is 5.31. The summed E-state index contributed by atoms with van der Waals surface area (Å²) in [6.45, 7) is 4.06. The number of aromatic nitrogens is 1. The van der Waals surface area contributed by atoms with E-state index in [1.54, 1.807) is 12.4 Å². The molecule has 1 aliphatic rings. The lowest BCUT2D eigenvalue weighted by Gasteiger charge is -2.30. The van der Waals surface area contributed by atoms with Crippen LogP contribution in [0.1, 0.15) is 37.8 Å². The minimum Gasteiger partial charge on any atom is -0.370 e. The summed E-state index contributed by atoms with van der Waals surface area (Å²) in [4.78, 5) is 18.7. The quantitative estimate of drug-likeness (QED) is 0.895. The molecule has 0 saturated carbocycles. The van der Waals surface area contributed by atoms with Crippen LogP contribution in [0.4, 0.5) is 16.2 Å². The second-order valence-electron chi connectivity index (χ2n) is 6.17. The number of hydrogen-bond donors (Lipinski definition) is 2. The first-order valence-corrected chi connectivity index (χ1v) is 8.55. The third-order valence-corrected chi connectivity index (χ3v) is 4.40. The maximum absolute atomic E-state index is 12.4. The van der Waals surface area contributed by atoms with Crippen molar-refractivity contribution in [1.82, 2.24) is 10.3 Å². The van der Waals surface area contributed by atoms with Gasteiger partial charge in [0.05, 0.1) is 17.4 Å². The molecule has 1 saturated heterocycles. The van der Waals surface area contributed by atoms with Crippen molar-refractivity contribution in [3.05, 3.63) is 54.4 Å². The van der Waals surface area contributed by atoms with Gasteiger partial charge in [0.2, 0.25) is 0 Å². The minimum absolute atomic E-state index is 0.0739. The van der Waals surface area contributed by atoms with Gasteiger partial charge in [0.1, 0.15) is 0 Å². The minimum atomic E-state index is -0.191. The molecule has 1 atom stereocenters. The molecule has 0 bridgehead atoms. The number of benzene rings is 1. The van der Waals surface area contributed by atoms with Crippen LogP contribution in [0.5, 0.6) is 0 Å². The number of para-hydroxylation sites is 2. The Labute approximate surface area is 143 Å². The van der Waals surface area contributed by atoms with Gasteiger partial charge >= 0.3 is 6.03 Å². The lowest BCUT2D eigenvalue weighted by Crippen LogP contribution is -2.33. The van der Waals surface area contributed by atoms with E-state index in [1.807, 2.05) is 37.3 Å². The van der Waals surface area contributed by atoms with Gasteiger partial charge in [-0.15, -0.1) is 0 Å². The Morgan fingerprint density at radius 1 is 1.08 bits per heavy atom. The van der Waals surface area contributed by atoms with Crippen LogP contribution in [-0.4, -0.2) is 24.1 Å². The number of urea groups is 1. The zero-order chi connectivity index (χ0) is 16.8. The number of nitrogens with one attached hydrogen (secondary N) is 2. The fourth-order valence-corrected chi connectivity index (χ4v) is 3.08. The molecule has 0 spiro atoms. The van der Waals surface area contributed by atoms with Gasteiger partial charge in [0.25, 0.3) is 0 Å². The number of carbonyl (C=O) groups excluding carboxylic acids is 1. The Morgan fingerprint density at radius 3 is 2.54 bits per heavy atom. The van der Waals surface area contributed by atoms with E-state index in [0.717, 1.165) is 30.0 Å². The maximum atomic E-state index is 12.4. The Hall–Kier alpha value is -2.56. The van der Waals surface area contributed by atoms with Crippen molar-refractivity contribution in [2.24, 2.45) is 0 Å². The molecule has 3 rings (SSSR count). The van der Waals surface area contributed by atoms with E-state index in [1.165, 1.54) is 19.3 Å². The topological polar surface area (TPSA) is 57.3 Å². The first kappa shape index (κ1) is 16.3. The summed E-state index contributed by atoms with van der Waals surface area (Å²) in [7, 11) is 0. The molecule has 5 heteroatoms. The molecule has 1 unspecified atom stereocenters. The van der Waals surface area contributed by atoms with E-state index in [2.05, 4.69) is 26.6 Å². The number of hydrogen-bond acceptors (Lipinski definition) is 3. The van der Waals surface area contributed by atoms with E-state index < -0.39 is 0 Å². The predicted molar refractivity (Wildman–Crippen MR) is 97.3 cm³/mol. The molecule has 1 fully saturated rings. The van der Waals surface area contributed by atoms with Crippen LogP contribution in [0.25, 0.3) is 0 Å². The summed E-state index contributed by atoms with van der Waals surface area (Å²) >= 11 is 0. The van der Waals surface area contributed by atoms with Crippen molar-refractivity contribution >= 4 is 17.4 Å². The highest BCUT2D eigenvalue weighted by Gasteiger charge is 2.16. The predicted octanol–water partition coefficient (Wildman–Crippen LogP) is 3.95. The van der Waals surface area contributed by atoms with Crippen LogP contribution < -0.4 is 15.5 Å². The molecule has 2 N–H and O–H groups in total. The van der Waals surface area contributed by atoms with Crippen molar-refractivity contribution in [2.45, 2.75) is 32.2 Å². The average molecular weight is 324 g/mol. The zero-order valence-electron chi connectivity index (χ0n) is 14.0. The van der Waals surface area contributed by atoms with Crippen LogP contribution in [0.15, 0.2) is 48.8 Å². The van der Waals surface area contributed by atoms with Crippen LogP contribution in [-0.2, 0) is 0 Å². The molecule has 2 amide bonds. The van der Waals surface area contributed by atoms with Gasteiger partial charge < -0.3 is 15.5 Å². The molecule has 2 aromatic rings. The Balaban J connectivity index is 1.66. The Bertz CT molecular complexity index is 668. The van der Waals surface area contributed by atoms with E-state index in [-0.39, 0.29) is 12.1 Å². The van der Waals surface area contributed by atoms with Gasteiger partial charge in [-0.2, -0.15) is 0 Å². The standard InChI is InChI=1S/C19H24N4O/c1-15(16-9-11-20-12-10-16)21-19(24)22-17-7-3-4-8-18(17)23-13-5-2-6-14-23/h3-4,7-12,15H,2,5-6,13-14H2,1H3,(H2,21,22,24). The molecule has 1 aliphatic heterocycles. The van der Waals surface area contributed by atoms with E-state index >= 15 is 0 Å². The molecule has 5 nitrogen and oxygen atoms in total. The number of pyridine rings is 1. The van der Waals surface area contributed by atoms with Crippen molar-refractivity contribution in [3.63, 3.8) is 0 Å². The Morgan fingerprint density at radius 2 is 1.79 bits per heavy atom. The highest BCUT2D eigenvalue weighted by Crippen LogP contribution is 2.28. The molecule has 2 heterocycles. The van der Waals surface area contributed by atoms with Crippen LogP contribution in [0.3, 0.4) is 0 Å². The lowest BCUT2D eigenvalue weighted by molar-refractivity contribution is 0.249. The second kappa shape index (κ2) is 7.81. The number of anilines is 2. The number of rotatable bonds is 4. The summed E-state index contributed by atoms with van der Waals surface area (Å²) < 4.78 is 0. The second-order valence-corrected chi connectivity index (χ2v) is 6.17. The van der Waals surface area contributed by atoms with Gasteiger partial charge in [-0.3, -0.25) is 4.98 Å². The largest absolute Gasteiger partial charge is 0.370 e. The monoisotopic (exact) mass is 324 g/mol. The van der Waals surface area contributed by atoms with Crippen molar-refractivity contribution in [1.29, 1.82) is 0 Å². The smallest absolute Gasteiger partial charge is 0.319 e. The van der Waals surface area contributed by atoms with Crippen LogP contribution in [0.2, 0.25) is 0 Å². The molecule has 24 heavy (non-hydrogen) atoms. The van der Waals surface area contributed by atoms with Crippen LogP contribution >= 0.6 is 0 Å². The summed E-state index contributed by atoms with van der Waals surface area (Å²) in [5.41, 5.74) is 2.99. The molecule has 1 aromatic carbocycles. The van der Waals surface area contributed by atoms with Gasteiger partial charge in [-0.25, -0.2) is 4.79 Å². The molecule has 1 aromatic heterocycles. The SMILES string of the molecule is CC(NC(=O)Nc1ccccc1N1CCCCC1)c1ccncc1. The molecular weight excluding hydrogens is 300 g/mol. The van der Waals surface area contributed by atoms with E-state index in [0.29, 0.717) is 0 Å². The maximum Gasteiger partial charge on any atom is 0.319 e. The van der Waals surface area contributed by atoms with E-state index in [9.17, 15) is 4.79 Å². The van der Waals surface area contributed by atoms with Gasteiger partial charge in [-0.05, 0) is 56.0 Å². The summed E-state index contributed by atoms with van der Waals surface area (Å²) in [5, 5.41) is 5.98. The third-order valence-electron chi connectivity index (χ3n) is 4.40. The van der Waals surface area contributed by atoms with Crippen LogP contribution in [0, 0.1) is 0 Å². The van der Waals surface area contributed by atoms with Gasteiger partial charge in [-0.1, -0.05) is 12.1 Å². The number of amides is 2. The fraction of sp³-hybridized carbons (Fsp3) is 0.368. The average Bonchev–Trinajstić information content (AvgIpc) is 2.63. The summed E-state index contributed by atoms with van der Waals surface area (Å²) in [5.74, 6) is 0. The summed E-state index contributed by atoms with van der Waals surface area (Å²) in [6.07, 6.45) is 7.17. The first-order chi connectivity index (χ1) is 11.7. The molecule has 0 radical (unpaired) electrons. The normalized spacial score (nSPS) is 15.6. The number of nitrogens with zero attached hydrogens (tertiary/aromatic N) is 2. The summed E-state index contributed by atoms with van der Waals surface area (Å²) in [6, 6.07) is 11.6. The number of piperidine rings is 1. The zero-order valence-corrected chi connectivity index (χ0v) is 14.0. The molecular formula is C19H24N4O. The lowest BCUT2D eigenvalue weighted by atomic mass is 10.1. The first-order valence-electron chi connectivity index (χ1n) is 8.55. The number of carbonyl (C=O) groups is 1. The van der Waals surface area contributed by atoms with Gasteiger partial charge in [0, 0.05) is 25.5 Å². The highest BCUT2D eigenvalue weighted by molar-refractivity contribution is 5.93. The third kappa shape index (κ3) is 4.04. The highest BCUT2D eigenvalue weighted by atomic mass is 16.2. The van der Waals surface area contributed by atoms with Crippen molar-refractivity contribution < 1.29 is 4.79 Å². The van der Waals surface area contributed by atoms with Crippen molar-refractivity contribution in [2.75, 3.05) is 23.3 Å². The fourth-order valence-electron chi connectivity index (χ4n) is 3.08. The van der Waals surface area contributed by atoms with E-state index in [4.69, 9.17) is 0 Å². The van der Waals surface area contributed by atoms with Crippen molar-refractivity contribution in [3.8, 4) is 0 Å². The molecule has 126 valence electrons.